The molecule has 0 spiro atoms. The van der Waals surface area contributed by atoms with E-state index < -0.39 is 11.9 Å². The van der Waals surface area contributed by atoms with E-state index in [-0.39, 0.29) is 0 Å². The first kappa shape index (κ1) is 8.38. The molecule has 0 radical (unpaired) electrons. The van der Waals surface area contributed by atoms with Crippen molar-refractivity contribution >= 4 is 23.3 Å². The lowest BCUT2D eigenvalue weighted by molar-refractivity contribution is -0.138. The zero-order chi connectivity index (χ0) is 9.42. The summed E-state index contributed by atoms with van der Waals surface area (Å²) in [5, 5.41) is 12.4. The first-order valence-electron chi connectivity index (χ1n) is 3.95. The number of nitrogens with one attached hydrogen (secondary N) is 1. The average Bonchev–Trinajstić information content (AvgIpc) is 2.49. The molecule has 0 aliphatic carbocycles. The highest BCUT2D eigenvalue weighted by atomic mass is 35.5. The minimum atomic E-state index is -0.834. The van der Waals surface area contributed by atoms with Gasteiger partial charge >= 0.3 is 5.97 Å². The van der Waals surface area contributed by atoms with Crippen molar-refractivity contribution in [3.05, 3.63) is 28.8 Å². The fraction of sp³-hybridized carbons (Fsp3) is 0.222. The van der Waals surface area contributed by atoms with Crippen LogP contribution in [0.15, 0.2) is 18.2 Å². The highest BCUT2D eigenvalue weighted by molar-refractivity contribution is 6.32. The molecule has 1 aliphatic heterocycles. The van der Waals surface area contributed by atoms with Gasteiger partial charge in [-0.1, -0.05) is 17.7 Å². The van der Waals surface area contributed by atoms with Crippen molar-refractivity contribution in [2.24, 2.45) is 0 Å². The third-order valence-electron chi connectivity index (χ3n) is 2.20. The van der Waals surface area contributed by atoms with E-state index in [9.17, 15) is 4.79 Å². The number of carboxylic acid groups (broad SMARTS) is 1. The van der Waals surface area contributed by atoms with Crippen LogP contribution in [0.1, 0.15) is 11.5 Å². The SMILES string of the molecule is O=C(O)C1CNc2cccc(Cl)c21. The van der Waals surface area contributed by atoms with Crippen LogP contribution in [0.25, 0.3) is 0 Å². The largest absolute Gasteiger partial charge is 0.481 e. The summed E-state index contributed by atoms with van der Waals surface area (Å²) >= 11 is 5.91. The maximum absolute atomic E-state index is 10.8. The molecule has 1 atom stereocenters. The van der Waals surface area contributed by atoms with Crippen LogP contribution < -0.4 is 5.32 Å². The average molecular weight is 198 g/mol. The van der Waals surface area contributed by atoms with Crippen LogP contribution in [0.2, 0.25) is 5.02 Å². The molecule has 1 heterocycles. The monoisotopic (exact) mass is 197 g/mol. The molecule has 13 heavy (non-hydrogen) atoms. The summed E-state index contributed by atoms with van der Waals surface area (Å²) in [6, 6.07) is 5.35. The van der Waals surface area contributed by atoms with Crippen molar-refractivity contribution in [3.8, 4) is 0 Å². The van der Waals surface area contributed by atoms with Crippen molar-refractivity contribution in [3.63, 3.8) is 0 Å². The molecule has 1 aromatic rings. The number of carboxylic acids is 1. The van der Waals surface area contributed by atoms with Crippen molar-refractivity contribution in [1.29, 1.82) is 0 Å². The van der Waals surface area contributed by atoms with Crippen LogP contribution >= 0.6 is 11.6 Å². The van der Waals surface area contributed by atoms with Gasteiger partial charge in [0.25, 0.3) is 0 Å². The molecular formula is C9H8ClNO2. The molecule has 0 saturated heterocycles. The summed E-state index contributed by atoms with van der Waals surface area (Å²) in [5.74, 6) is -1.34. The number of hydrogen-bond acceptors (Lipinski definition) is 2. The summed E-state index contributed by atoms with van der Waals surface area (Å²) in [4.78, 5) is 10.8. The number of aliphatic carboxylic acids is 1. The van der Waals surface area contributed by atoms with Gasteiger partial charge in [0.05, 0.1) is 0 Å². The van der Waals surface area contributed by atoms with E-state index in [1.807, 2.05) is 6.07 Å². The maximum atomic E-state index is 10.8. The standard InChI is InChI=1S/C9H8ClNO2/c10-6-2-1-3-7-8(6)5(4-11-7)9(12)13/h1-3,5,11H,4H2,(H,12,13). The van der Waals surface area contributed by atoms with Crippen molar-refractivity contribution in [2.45, 2.75) is 5.92 Å². The van der Waals surface area contributed by atoms with E-state index in [2.05, 4.69) is 5.32 Å². The molecule has 0 fully saturated rings. The van der Waals surface area contributed by atoms with Crippen molar-refractivity contribution in [2.75, 3.05) is 11.9 Å². The minimum Gasteiger partial charge on any atom is -0.481 e. The Morgan fingerprint density at radius 1 is 1.62 bits per heavy atom. The van der Waals surface area contributed by atoms with Gasteiger partial charge in [0.15, 0.2) is 0 Å². The first-order chi connectivity index (χ1) is 6.20. The van der Waals surface area contributed by atoms with Gasteiger partial charge in [0.1, 0.15) is 5.92 Å². The van der Waals surface area contributed by atoms with Gasteiger partial charge in [-0.25, -0.2) is 0 Å². The smallest absolute Gasteiger partial charge is 0.312 e. The van der Waals surface area contributed by atoms with Crippen LogP contribution in [0.5, 0.6) is 0 Å². The molecule has 1 aliphatic rings. The fourth-order valence-corrected chi connectivity index (χ4v) is 1.88. The van der Waals surface area contributed by atoms with Gasteiger partial charge in [-0.3, -0.25) is 4.79 Å². The number of carbonyl (C=O) groups is 1. The van der Waals surface area contributed by atoms with Gasteiger partial charge in [-0.15, -0.1) is 0 Å². The third-order valence-corrected chi connectivity index (χ3v) is 2.53. The van der Waals surface area contributed by atoms with E-state index >= 15 is 0 Å². The Morgan fingerprint density at radius 3 is 3.08 bits per heavy atom. The van der Waals surface area contributed by atoms with Crippen molar-refractivity contribution in [1.82, 2.24) is 0 Å². The Hall–Kier alpha value is -1.22. The normalized spacial score (nSPS) is 19.3. The zero-order valence-electron chi connectivity index (χ0n) is 6.75. The van der Waals surface area contributed by atoms with Gasteiger partial charge in [-0.05, 0) is 12.1 Å². The number of anilines is 1. The van der Waals surface area contributed by atoms with E-state index in [1.54, 1.807) is 12.1 Å². The predicted molar refractivity (Wildman–Crippen MR) is 50.3 cm³/mol. The molecule has 68 valence electrons. The Balaban J connectivity index is 2.52. The van der Waals surface area contributed by atoms with Crippen LogP contribution in [0, 0.1) is 0 Å². The topological polar surface area (TPSA) is 49.3 Å². The van der Waals surface area contributed by atoms with E-state index in [4.69, 9.17) is 16.7 Å². The molecule has 0 saturated carbocycles. The molecular weight excluding hydrogens is 190 g/mol. The van der Waals surface area contributed by atoms with Gasteiger partial charge in [0, 0.05) is 22.8 Å². The molecule has 0 amide bonds. The molecule has 0 bridgehead atoms. The Bertz CT molecular complexity index is 365. The summed E-state index contributed by atoms with van der Waals surface area (Å²) in [7, 11) is 0. The Kier molecular flexibility index (Phi) is 1.88. The van der Waals surface area contributed by atoms with Crippen LogP contribution in [0.3, 0.4) is 0 Å². The number of benzene rings is 1. The van der Waals surface area contributed by atoms with Gasteiger partial charge in [0.2, 0.25) is 0 Å². The van der Waals surface area contributed by atoms with Crippen molar-refractivity contribution < 1.29 is 9.90 Å². The van der Waals surface area contributed by atoms with E-state index in [0.717, 1.165) is 5.69 Å². The van der Waals surface area contributed by atoms with Gasteiger partial charge in [-0.2, -0.15) is 0 Å². The number of fused-ring (bicyclic) bond motifs is 1. The Morgan fingerprint density at radius 2 is 2.38 bits per heavy atom. The second-order valence-electron chi connectivity index (χ2n) is 2.97. The summed E-state index contributed by atoms with van der Waals surface area (Å²) in [6.07, 6.45) is 0. The lowest BCUT2D eigenvalue weighted by Gasteiger charge is -2.05. The number of rotatable bonds is 1. The van der Waals surface area contributed by atoms with E-state index in [1.165, 1.54) is 0 Å². The highest BCUT2D eigenvalue weighted by Crippen LogP contribution is 2.36. The summed E-state index contributed by atoms with van der Waals surface area (Å²) < 4.78 is 0. The van der Waals surface area contributed by atoms with Crippen LogP contribution in [-0.4, -0.2) is 17.6 Å². The lowest BCUT2D eigenvalue weighted by Crippen LogP contribution is -2.13. The molecule has 1 aromatic carbocycles. The number of hydrogen-bond donors (Lipinski definition) is 2. The zero-order valence-corrected chi connectivity index (χ0v) is 7.51. The molecule has 2 N–H and O–H groups in total. The predicted octanol–water partition coefficient (Wildman–Crippen LogP) is 1.93. The lowest BCUT2D eigenvalue weighted by atomic mass is 10.0. The summed E-state index contributed by atoms with van der Waals surface area (Å²) in [6.45, 7) is 0.425. The minimum absolute atomic E-state index is 0.425. The molecule has 2 rings (SSSR count). The van der Waals surface area contributed by atoms with E-state index in [0.29, 0.717) is 17.1 Å². The Labute approximate surface area is 80.3 Å². The summed E-state index contributed by atoms with van der Waals surface area (Å²) in [5.41, 5.74) is 1.54. The number of halogens is 1. The molecule has 3 nitrogen and oxygen atoms in total. The van der Waals surface area contributed by atoms with Gasteiger partial charge < -0.3 is 10.4 Å². The second-order valence-corrected chi connectivity index (χ2v) is 3.38. The molecule has 1 unspecified atom stereocenters. The fourth-order valence-electron chi connectivity index (χ4n) is 1.57. The molecule has 4 heteroatoms. The quantitative estimate of drug-likeness (QED) is 0.724. The van der Waals surface area contributed by atoms with Crippen LogP contribution in [0.4, 0.5) is 5.69 Å². The van der Waals surface area contributed by atoms with Crippen LogP contribution in [-0.2, 0) is 4.79 Å². The highest BCUT2D eigenvalue weighted by Gasteiger charge is 2.29. The first-order valence-corrected chi connectivity index (χ1v) is 4.33. The maximum Gasteiger partial charge on any atom is 0.312 e. The molecule has 0 aromatic heterocycles. The third kappa shape index (κ3) is 1.25. The second kappa shape index (κ2) is 2.92.